The van der Waals surface area contributed by atoms with E-state index in [9.17, 15) is 0 Å². The monoisotopic (exact) mass is 1010 g/mol. The van der Waals surface area contributed by atoms with E-state index in [2.05, 4.69) is 251 Å². The molecule has 0 saturated carbocycles. The molecule has 0 N–H and O–H groups in total. The molecule has 7 aromatic carbocycles. The normalized spacial score (nSPS) is 14.2. The first-order valence-corrected chi connectivity index (χ1v) is 23.3. The predicted molar refractivity (Wildman–Crippen MR) is 260 cm³/mol. The third kappa shape index (κ3) is 6.15. The Bertz CT molecular complexity index is 3470. The first kappa shape index (κ1) is 40.2. The SMILES string of the molecule is CC(C)(C)c1ccnc(-n2c3ccccc3c3ccc(Oc4ccc5c(c4)-n4[c](=[Pt])n(-c6c(-c7ccccc7)cccc6-c6ccccc6)c6cccc(c64)C(C)(C)C5(C)C)cc32)c1. The minimum atomic E-state index is -0.242. The topological polar surface area (TPSA) is 36.9 Å². The fourth-order valence-corrected chi connectivity index (χ4v) is 11.1. The van der Waals surface area contributed by atoms with Crippen molar-refractivity contribution in [3.8, 4) is 50.9 Å². The zero-order valence-electron chi connectivity index (χ0n) is 37.3. The number of benzene rings is 7. The summed E-state index contributed by atoms with van der Waals surface area (Å²) in [5.74, 6) is 2.44. The minimum absolute atomic E-state index is 0.0156. The second kappa shape index (κ2) is 14.8. The van der Waals surface area contributed by atoms with Crippen molar-refractivity contribution in [2.24, 2.45) is 0 Å². The molecule has 318 valence electrons. The van der Waals surface area contributed by atoms with E-state index in [4.69, 9.17) is 9.72 Å². The van der Waals surface area contributed by atoms with Crippen LogP contribution in [-0.2, 0) is 35.6 Å². The molecule has 0 fully saturated rings. The van der Waals surface area contributed by atoms with Crippen molar-refractivity contribution in [3.63, 3.8) is 0 Å². The number of rotatable bonds is 6. The van der Waals surface area contributed by atoms with Crippen LogP contribution in [0.3, 0.4) is 0 Å². The number of pyridine rings is 1. The number of hydrogen-bond acceptors (Lipinski definition) is 2. The molecule has 0 bridgehead atoms. The van der Waals surface area contributed by atoms with E-state index < -0.39 is 0 Å². The summed E-state index contributed by atoms with van der Waals surface area (Å²) in [5.41, 5.74) is 14.8. The second-order valence-corrected chi connectivity index (χ2v) is 20.3. The van der Waals surface area contributed by atoms with Crippen LogP contribution in [0.15, 0.2) is 176 Å². The van der Waals surface area contributed by atoms with Gasteiger partial charge in [-0.3, -0.25) is 0 Å². The Morgan fingerprint density at radius 3 is 1.81 bits per heavy atom. The molecule has 0 amide bonds. The van der Waals surface area contributed by atoms with Crippen molar-refractivity contribution < 1.29 is 24.1 Å². The molecule has 0 unspecified atom stereocenters. The van der Waals surface area contributed by atoms with Crippen LogP contribution in [0.5, 0.6) is 11.5 Å². The van der Waals surface area contributed by atoms with Crippen LogP contribution in [0.4, 0.5) is 0 Å². The van der Waals surface area contributed by atoms with Crippen LogP contribution in [0.25, 0.3) is 72.3 Å². The molecule has 0 spiro atoms. The molecule has 4 heterocycles. The molecule has 64 heavy (non-hydrogen) atoms. The summed E-state index contributed by atoms with van der Waals surface area (Å²) >= 11 is 2.58. The van der Waals surface area contributed by atoms with E-state index in [0.29, 0.717) is 0 Å². The molecular weight excluding hydrogens is 964 g/mol. The standard InChI is InChI=1S/C58H50N4O.Pt/c1-56(2,3)40-32-33-59-53(34-40)62-49-26-15-14-22-45(49)46-30-28-41(35-51(46)62)63-42-29-31-47-52(36-42)61-37-60(50-27-17-25-48(55(50)61)58(6,7)57(47,4)5)54-43(38-18-10-8-11-19-38)23-16-24-44(54)39-20-12-9-13-21-39;/h8-36H,1-7H3;. The molecule has 6 heteroatoms. The third-order valence-corrected chi connectivity index (χ3v) is 15.1. The summed E-state index contributed by atoms with van der Waals surface area (Å²) in [7, 11) is 0. The zero-order chi connectivity index (χ0) is 44.1. The van der Waals surface area contributed by atoms with Crippen molar-refractivity contribution in [3.05, 3.63) is 197 Å². The summed E-state index contributed by atoms with van der Waals surface area (Å²) in [4.78, 5) is 4.92. The number of hydrogen-bond donors (Lipinski definition) is 0. The first-order chi connectivity index (χ1) is 30.8. The summed E-state index contributed by atoms with van der Waals surface area (Å²) in [6.45, 7) is 16.3. The van der Waals surface area contributed by atoms with Gasteiger partial charge in [-0.2, -0.15) is 0 Å². The van der Waals surface area contributed by atoms with Crippen LogP contribution in [-0.4, -0.2) is 18.7 Å². The average Bonchev–Trinajstić information content (AvgIpc) is 3.77. The average molecular weight is 1010 g/mol. The van der Waals surface area contributed by atoms with Crippen LogP contribution < -0.4 is 4.74 Å². The molecule has 0 radical (unpaired) electrons. The van der Waals surface area contributed by atoms with Gasteiger partial charge in [-0.15, -0.1) is 0 Å². The van der Waals surface area contributed by atoms with E-state index in [-0.39, 0.29) is 16.2 Å². The number of para-hydroxylation sites is 3. The Hall–Kier alpha value is -6.55. The summed E-state index contributed by atoms with van der Waals surface area (Å²) in [6, 6.07) is 61.3. The van der Waals surface area contributed by atoms with E-state index in [1.807, 2.05) is 6.20 Å². The molecule has 11 rings (SSSR count). The van der Waals surface area contributed by atoms with Crippen molar-refractivity contribution in [1.29, 1.82) is 0 Å². The Morgan fingerprint density at radius 2 is 1.11 bits per heavy atom. The van der Waals surface area contributed by atoms with Gasteiger partial charge in [0.2, 0.25) is 0 Å². The Balaban J connectivity index is 1.13. The van der Waals surface area contributed by atoms with Crippen molar-refractivity contribution in [1.82, 2.24) is 18.7 Å². The van der Waals surface area contributed by atoms with Crippen molar-refractivity contribution in [2.75, 3.05) is 0 Å². The van der Waals surface area contributed by atoms with Gasteiger partial charge >= 0.3 is 332 Å². The molecule has 3 aromatic heterocycles. The molecular formula is C58H50N4OPt. The summed E-state index contributed by atoms with van der Waals surface area (Å²) in [6.07, 6.45) is 1.93. The molecule has 1 aliphatic heterocycles. The van der Waals surface area contributed by atoms with Gasteiger partial charge in [-0.1, -0.05) is 32.9 Å². The fraction of sp³-hybridized carbons (Fsp3) is 0.172. The number of nitrogens with zero attached hydrogens (tertiary/aromatic N) is 4. The fourth-order valence-electron chi connectivity index (χ4n) is 10.00. The molecule has 0 aliphatic carbocycles. The van der Waals surface area contributed by atoms with E-state index >= 15 is 0 Å². The second-order valence-electron chi connectivity index (χ2n) is 19.2. The molecule has 0 saturated heterocycles. The van der Waals surface area contributed by atoms with Crippen LogP contribution in [0.2, 0.25) is 0 Å². The number of fused-ring (bicyclic) bond motifs is 5. The molecule has 5 nitrogen and oxygen atoms in total. The van der Waals surface area contributed by atoms with Gasteiger partial charge < -0.3 is 0 Å². The first-order valence-electron chi connectivity index (χ1n) is 22.1. The van der Waals surface area contributed by atoms with Gasteiger partial charge in [0, 0.05) is 6.20 Å². The van der Waals surface area contributed by atoms with Gasteiger partial charge in [-0.25, -0.2) is 0 Å². The van der Waals surface area contributed by atoms with E-state index in [0.717, 1.165) is 54.4 Å². The Morgan fingerprint density at radius 1 is 0.516 bits per heavy atom. The summed E-state index contributed by atoms with van der Waals surface area (Å²) < 4.78 is 15.3. The van der Waals surface area contributed by atoms with Crippen molar-refractivity contribution >= 4 is 32.8 Å². The quantitative estimate of drug-likeness (QED) is 0.166. The van der Waals surface area contributed by atoms with Gasteiger partial charge in [0.25, 0.3) is 0 Å². The maximum atomic E-state index is 6.99. The number of imidazole rings is 1. The Kier molecular flexibility index (Phi) is 9.28. The van der Waals surface area contributed by atoms with Gasteiger partial charge in [0.15, 0.2) is 0 Å². The van der Waals surface area contributed by atoms with Gasteiger partial charge in [0.1, 0.15) is 0 Å². The zero-order valence-corrected chi connectivity index (χ0v) is 39.5. The maximum absolute atomic E-state index is 6.99. The van der Waals surface area contributed by atoms with Gasteiger partial charge in [-0.05, 0) is 17.0 Å². The summed E-state index contributed by atoms with van der Waals surface area (Å²) in [5, 5.41) is 2.34. The third-order valence-electron chi connectivity index (χ3n) is 14.1. The molecule has 10 aromatic rings. The Labute approximate surface area is 385 Å². The van der Waals surface area contributed by atoms with Gasteiger partial charge in [0.05, 0.1) is 0 Å². The van der Waals surface area contributed by atoms with Crippen LogP contribution in [0, 0.1) is 3.80 Å². The molecule has 0 atom stereocenters. The van der Waals surface area contributed by atoms with Crippen LogP contribution >= 0.6 is 0 Å². The van der Waals surface area contributed by atoms with Crippen LogP contribution in [0.1, 0.15) is 65.2 Å². The van der Waals surface area contributed by atoms with E-state index in [1.165, 1.54) is 49.8 Å². The molecule has 1 aliphatic rings. The number of aromatic nitrogens is 4. The van der Waals surface area contributed by atoms with Crippen molar-refractivity contribution in [2.45, 2.75) is 64.7 Å². The predicted octanol–water partition coefficient (Wildman–Crippen LogP) is 15.0. The van der Waals surface area contributed by atoms with E-state index in [1.54, 1.807) is 0 Å². The number of ether oxygens (including phenoxy) is 1.